The third-order valence-corrected chi connectivity index (χ3v) is 4.26. The van der Waals surface area contributed by atoms with Crippen LogP contribution in [-0.2, 0) is 17.6 Å². The molecule has 2 rings (SSSR count). The second-order valence-electron chi connectivity index (χ2n) is 5.61. The minimum absolute atomic E-state index is 0.0882. The Morgan fingerprint density at radius 2 is 1.82 bits per heavy atom. The summed E-state index contributed by atoms with van der Waals surface area (Å²) in [6, 6.07) is 14.2. The van der Waals surface area contributed by atoms with Crippen molar-refractivity contribution in [2.75, 3.05) is 6.54 Å². The van der Waals surface area contributed by atoms with Crippen LogP contribution >= 0.6 is 11.6 Å². The first-order valence-electron chi connectivity index (χ1n) is 7.62. The van der Waals surface area contributed by atoms with Crippen LogP contribution in [0.5, 0.6) is 0 Å². The summed E-state index contributed by atoms with van der Waals surface area (Å²) in [5.74, 6) is 0.0882. The highest BCUT2D eigenvalue weighted by molar-refractivity contribution is 6.31. The number of amides is 1. The van der Waals surface area contributed by atoms with Crippen molar-refractivity contribution >= 4 is 17.5 Å². The molecule has 0 aliphatic rings. The van der Waals surface area contributed by atoms with Crippen LogP contribution in [0, 0.1) is 13.8 Å². The second-order valence-corrected chi connectivity index (χ2v) is 6.02. The molecule has 2 aromatic carbocycles. The van der Waals surface area contributed by atoms with Crippen molar-refractivity contribution < 1.29 is 4.79 Å². The molecule has 0 spiro atoms. The van der Waals surface area contributed by atoms with Crippen LogP contribution in [0.15, 0.2) is 42.5 Å². The van der Waals surface area contributed by atoms with Gasteiger partial charge in [0.05, 0.1) is 0 Å². The maximum Gasteiger partial charge on any atom is 0.220 e. The van der Waals surface area contributed by atoms with Crippen molar-refractivity contribution in [1.29, 1.82) is 0 Å². The van der Waals surface area contributed by atoms with Gasteiger partial charge in [-0.15, -0.1) is 0 Å². The van der Waals surface area contributed by atoms with Crippen molar-refractivity contribution in [1.82, 2.24) is 5.32 Å². The molecule has 2 aromatic rings. The Kier molecular flexibility index (Phi) is 6.02. The number of hydrogen-bond donors (Lipinski definition) is 1. The SMILES string of the molecule is Cc1ccc(CCC(=O)NCCc2ccccc2C)cc1Cl. The average Bonchev–Trinajstić information content (AvgIpc) is 2.50. The predicted molar refractivity (Wildman–Crippen MR) is 92.4 cm³/mol. The van der Waals surface area contributed by atoms with Gasteiger partial charge in [-0.2, -0.15) is 0 Å². The first-order valence-corrected chi connectivity index (χ1v) is 8.00. The van der Waals surface area contributed by atoms with Gasteiger partial charge in [0.1, 0.15) is 0 Å². The van der Waals surface area contributed by atoms with Crippen LogP contribution in [0.25, 0.3) is 0 Å². The second kappa shape index (κ2) is 8.00. The minimum atomic E-state index is 0.0882. The number of hydrogen-bond acceptors (Lipinski definition) is 1. The van der Waals surface area contributed by atoms with E-state index < -0.39 is 0 Å². The maximum absolute atomic E-state index is 11.9. The zero-order valence-corrected chi connectivity index (χ0v) is 13.9. The fraction of sp³-hybridized carbons (Fsp3) is 0.316. The molecule has 0 saturated heterocycles. The molecule has 3 heteroatoms. The fourth-order valence-corrected chi connectivity index (χ4v) is 2.57. The minimum Gasteiger partial charge on any atom is -0.356 e. The highest BCUT2D eigenvalue weighted by Crippen LogP contribution is 2.17. The zero-order chi connectivity index (χ0) is 15.9. The average molecular weight is 316 g/mol. The normalized spacial score (nSPS) is 10.5. The molecule has 0 heterocycles. The monoisotopic (exact) mass is 315 g/mol. The summed E-state index contributed by atoms with van der Waals surface area (Å²) < 4.78 is 0. The topological polar surface area (TPSA) is 29.1 Å². The first kappa shape index (κ1) is 16.6. The lowest BCUT2D eigenvalue weighted by Gasteiger charge is -2.08. The summed E-state index contributed by atoms with van der Waals surface area (Å²) in [4.78, 5) is 11.9. The van der Waals surface area contributed by atoms with Crippen LogP contribution in [0.1, 0.15) is 28.7 Å². The summed E-state index contributed by atoms with van der Waals surface area (Å²) >= 11 is 6.09. The van der Waals surface area contributed by atoms with E-state index in [0.717, 1.165) is 29.0 Å². The summed E-state index contributed by atoms with van der Waals surface area (Å²) in [6.45, 7) is 4.75. The molecule has 0 aromatic heterocycles. The number of rotatable bonds is 6. The number of carbonyl (C=O) groups is 1. The quantitative estimate of drug-likeness (QED) is 0.848. The van der Waals surface area contributed by atoms with E-state index in [-0.39, 0.29) is 5.91 Å². The van der Waals surface area contributed by atoms with Crippen LogP contribution < -0.4 is 5.32 Å². The maximum atomic E-state index is 11.9. The number of aryl methyl sites for hydroxylation is 3. The van der Waals surface area contributed by atoms with Crippen molar-refractivity contribution in [3.05, 3.63) is 69.7 Å². The lowest BCUT2D eigenvalue weighted by atomic mass is 10.1. The van der Waals surface area contributed by atoms with Gasteiger partial charge in [0, 0.05) is 18.0 Å². The molecule has 0 bridgehead atoms. The lowest BCUT2D eigenvalue weighted by molar-refractivity contribution is -0.121. The van der Waals surface area contributed by atoms with E-state index >= 15 is 0 Å². The van der Waals surface area contributed by atoms with Crippen molar-refractivity contribution in [2.45, 2.75) is 33.1 Å². The van der Waals surface area contributed by atoms with Crippen molar-refractivity contribution in [2.24, 2.45) is 0 Å². The molecule has 0 aliphatic heterocycles. The van der Waals surface area contributed by atoms with E-state index in [1.807, 2.05) is 37.3 Å². The predicted octanol–water partition coefficient (Wildman–Crippen LogP) is 4.25. The molecule has 0 saturated carbocycles. The van der Waals surface area contributed by atoms with Gasteiger partial charge in [-0.1, -0.05) is 48.0 Å². The third-order valence-electron chi connectivity index (χ3n) is 3.85. The van der Waals surface area contributed by atoms with Gasteiger partial charge >= 0.3 is 0 Å². The van der Waals surface area contributed by atoms with E-state index in [2.05, 4.69) is 24.4 Å². The van der Waals surface area contributed by atoms with Gasteiger partial charge in [0.2, 0.25) is 5.91 Å². The Morgan fingerprint density at radius 3 is 2.55 bits per heavy atom. The molecule has 2 nitrogen and oxygen atoms in total. The molecular formula is C19H22ClNO. The van der Waals surface area contributed by atoms with Crippen molar-refractivity contribution in [3.63, 3.8) is 0 Å². The summed E-state index contributed by atoms with van der Waals surface area (Å²) in [5.41, 5.74) is 4.72. The Balaban J connectivity index is 1.74. The standard InChI is InChI=1S/C19H22ClNO/c1-14-5-3-4-6-17(14)11-12-21-19(22)10-9-16-8-7-15(2)18(20)13-16/h3-8,13H,9-12H2,1-2H3,(H,21,22). The number of benzene rings is 2. The van der Waals surface area contributed by atoms with Gasteiger partial charge in [-0.25, -0.2) is 0 Å². The summed E-state index contributed by atoms with van der Waals surface area (Å²) in [7, 11) is 0. The fourth-order valence-electron chi connectivity index (χ4n) is 2.37. The highest BCUT2D eigenvalue weighted by Gasteiger charge is 2.04. The Hall–Kier alpha value is -1.80. The molecule has 1 N–H and O–H groups in total. The van der Waals surface area contributed by atoms with Gasteiger partial charge in [0.15, 0.2) is 0 Å². The molecule has 0 fully saturated rings. The zero-order valence-electron chi connectivity index (χ0n) is 13.2. The summed E-state index contributed by atoms with van der Waals surface area (Å²) in [6.07, 6.45) is 2.08. The Bertz CT molecular complexity index is 652. The van der Waals surface area contributed by atoms with Gasteiger partial charge in [-0.05, 0) is 55.0 Å². The number of carbonyl (C=O) groups excluding carboxylic acids is 1. The molecule has 0 aliphatic carbocycles. The van der Waals surface area contributed by atoms with Gasteiger partial charge in [-0.3, -0.25) is 4.79 Å². The van der Waals surface area contributed by atoms with Crippen LogP contribution in [0.3, 0.4) is 0 Å². The molecule has 0 atom stereocenters. The largest absolute Gasteiger partial charge is 0.356 e. The number of halogens is 1. The van der Waals surface area contributed by atoms with Crippen LogP contribution in [-0.4, -0.2) is 12.5 Å². The van der Waals surface area contributed by atoms with Gasteiger partial charge < -0.3 is 5.32 Å². The lowest BCUT2D eigenvalue weighted by Crippen LogP contribution is -2.26. The van der Waals surface area contributed by atoms with Crippen LogP contribution in [0.4, 0.5) is 0 Å². The molecule has 0 unspecified atom stereocenters. The van der Waals surface area contributed by atoms with Crippen LogP contribution in [0.2, 0.25) is 5.02 Å². The summed E-state index contributed by atoms with van der Waals surface area (Å²) in [5, 5.41) is 3.74. The van der Waals surface area contributed by atoms with E-state index in [1.165, 1.54) is 11.1 Å². The van der Waals surface area contributed by atoms with E-state index in [0.29, 0.717) is 13.0 Å². The van der Waals surface area contributed by atoms with Gasteiger partial charge in [0.25, 0.3) is 0 Å². The van der Waals surface area contributed by atoms with Crippen molar-refractivity contribution in [3.8, 4) is 0 Å². The smallest absolute Gasteiger partial charge is 0.220 e. The molecule has 0 radical (unpaired) electrons. The van der Waals surface area contributed by atoms with E-state index in [9.17, 15) is 4.79 Å². The molecule has 1 amide bonds. The Morgan fingerprint density at radius 1 is 1.05 bits per heavy atom. The third kappa shape index (κ3) is 4.88. The highest BCUT2D eigenvalue weighted by atomic mass is 35.5. The van der Waals surface area contributed by atoms with E-state index in [4.69, 9.17) is 11.6 Å². The van der Waals surface area contributed by atoms with E-state index in [1.54, 1.807) is 0 Å². The molecule has 116 valence electrons. The molecule has 22 heavy (non-hydrogen) atoms. The molecular weight excluding hydrogens is 294 g/mol. The Labute approximate surface area is 137 Å². The first-order chi connectivity index (χ1) is 10.6. The number of nitrogens with one attached hydrogen (secondary N) is 1.